The van der Waals surface area contributed by atoms with Crippen molar-refractivity contribution in [2.75, 3.05) is 40.0 Å². The van der Waals surface area contributed by atoms with Gasteiger partial charge in [0.2, 0.25) is 0 Å². The van der Waals surface area contributed by atoms with Crippen LogP contribution < -0.4 is 5.73 Å². The van der Waals surface area contributed by atoms with E-state index in [0.29, 0.717) is 5.82 Å². The zero-order valence-corrected chi connectivity index (χ0v) is 11.9. The second-order valence-corrected chi connectivity index (χ2v) is 5.27. The predicted molar refractivity (Wildman–Crippen MR) is 81.0 cm³/mol. The molecule has 0 saturated carbocycles. The zero-order valence-electron chi connectivity index (χ0n) is 11.9. The first-order chi connectivity index (χ1) is 9.06. The van der Waals surface area contributed by atoms with E-state index in [9.17, 15) is 0 Å². The van der Waals surface area contributed by atoms with Crippen molar-refractivity contribution in [1.29, 1.82) is 0 Å². The molecule has 102 valence electrons. The first-order valence-corrected chi connectivity index (χ1v) is 6.53. The number of hydrogen-bond acceptors (Lipinski definition) is 4. The number of nitrogen functional groups attached to an aromatic ring is 1. The summed E-state index contributed by atoms with van der Waals surface area (Å²) in [6.07, 6.45) is 0. The molecule has 0 atom stereocenters. The summed E-state index contributed by atoms with van der Waals surface area (Å²) in [5.41, 5.74) is 8.10. The number of aromatic nitrogens is 1. The van der Waals surface area contributed by atoms with Crippen molar-refractivity contribution < 1.29 is 0 Å². The SMILES string of the molecule is CN(C)CCN(C)Cc1cc2ccccc2nc1N. The molecule has 1 aromatic carbocycles. The maximum atomic E-state index is 6.04. The van der Waals surface area contributed by atoms with Gasteiger partial charge in [-0.1, -0.05) is 18.2 Å². The Morgan fingerprint density at radius 1 is 1.11 bits per heavy atom. The Hall–Kier alpha value is -1.65. The normalized spacial score (nSPS) is 11.6. The average Bonchev–Trinajstić information content (AvgIpc) is 2.37. The fraction of sp³-hybridized carbons (Fsp3) is 0.400. The van der Waals surface area contributed by atoms with E-state index in [1.165, 1.54) is 0 Å². The van der Waals surface area contributed by atoms with Crippen molar-refractivity contribution in [3.05, 3.63) is 35.9 Å². The fourth-order valence-electron chi connectivity index (χ4n) is 2.04. The van der Waals surface area contributed by atoms with Crippen LogP contribution in [0.3, 0.4) is 0 Å². The van der Waals surface area contributed by atoms with Crippen LogP contribution in [0, 0.1) is 0 Å². The number of nitrogens with zero attached hydrogens (tertiary/aromatic N) is 3. The standard InChI is InChI=1S/C15H22N4/c1-18(2)8-9-19(3)11-13-10-12-6-4-5-7-14(12)17-15(13)16/h4-7,10H,8-9,11H2,1-3H3,(H2,16,17). The largest absolute Gasteiger partial charge is 0.383 e. The van der Waals surface area contributed by atoms with E-state index >= 15 is 0 Å². The number of rotatable bonds is 5. The average molecular weight is 258 g/mol. The topological polar surface area (TPSA) is 45.4 Å². The summed E-state index contributed by atoms with van der Waals surface area (Å²) in [4.78, 5) is 8.91. The van der Waals surface area contributed by atoms with Gasteiger partial charge in [0.25, 0.3) is 0 Å². The van der Waals surface area contributed by atoms with Crippen LogP contribution in [-0.4, -0.2) is 49.0 Å². The van der Waals surface area contributed by atoms with E-state index in [4.69, 9.17) is 5.73 Å². The maximum absolute atomic E-state index is 6.04. The van der Waals surface area contributed by atoms with Crippen LogP contribution in [-0.2, 0) is 6.54 Å². The van der Waals surface area contributed by atoms with E-state index in [0.717, 1.165) is 36.1 Å². The van der Waals surface area contributed by atoms with E-state index < -0.39 is 0 Å². The Bertz CT molecular complexity index is 551. The summed E-state index contributed by atoms with van der Waals surface area (Å²) in [5, 5.41) is 1.15. The molecule has 4 heteroatoms. The lowest BCUT2D eigenvalue weighted by Crippen LogP contribution is -2.28. The second-order valence-electron chi connectivity index (χ2n) is 5.27. The van der Waals surface area contributed by atoms with Crippen molar-refractivity contribution in [2.24, 2.45) is 0 Å². The van der Waals surface area contributed by atoms with Gasteiger partial charge in [-0.2, -0.15) is 0 Å². The number of nitrogens with two attached hydrogens (primary N) is 1. The number of anilines is 1. The molecule has 0 aliphatic carbocycles. The molecule has 0 aliphatic heterocycles. The van der Waals surface area contributed by atoms with E-state index in [2.05, 4.69) is 48.1 Å². The quantitative estimate of drug-likeness (QED) is 0.888. The number of benzene rings is 1. The highest BCUT2D eigenvalue weighted by Crippen LogP contribution is 2.19. The van der Waals surface area contributed by atoms with Crippen LogP contribution in [0.5, 0.6) is 0 Å². The number of hydrogen-bond donors (Lipinski definition) is 1. The molecule has 2 N–H and O–H groups in total. The van der Waals surface area contributed by atoms with E-state index in [-0.39, 0.29) is 0 Å². The van der Waals surface area contributed by atoms with Crippen LogP contribution >= 0.6 is 0 Å². The maximum Gasteiger partial charge on any atom is 0.128 e. The van der Waals surface area contributed by atoms with Gasteiger partial charge in [0, 0.05) is 30.6 Å². The minimum atomic E-state index is 0.635. The van der Waals surface area contributed by atoms with Gasteiger partial charge < -0.3 is 15.5 Å². The minimum absolute atomic E-state index is 0.635. The van der Waals surface area contributed by atoms with Crippen LogP contribution in [0.25, 0.3) is 10.9 Å². The van der Waals surface area contributed by atoms with Gasteiger partial charge in [-0.25, -0.2) is 4.98 Å². The highest BCUT2D eigenvalue weighted by molar-refractivity contribution is 5.81. The summed E-state index contributed by atoms with van der Waals surface area (Å²) in [6, 6.07) is 10.2. The second kappa shape index (κ2) is 5.99. The number of fused-ring (bicyclic) bond motifs is 1. The van der Waals surface area contributed by atoms with Crippen LogP contribution in [0.4, 0.5) is 5.82 Å². The van der Waals surface area contributed by atoms with Gasteiger partial charge in [0.1, 0.15) is 5.82 Å². The molecule has 0 radical (unpaired) electrons. The summed E-state index contributed by atoms with van der Waals surface area (Å²) in [5.74, 6) is 0.635. The molecule has 1 aromatic heterocycles. The third-order valence-electron chi connectivity index (χ3n) is 3.21. The van der Waals surface area contributed by atoms with Gasteiger partial charge in [-0.05, 0) is 33.3 Å². The van der Waals surface area contributed by atoms with E-state index in [1.807, 2.05) is 18.2 Å². The van der Waals surface area contributed by atoms with Crippen molar-refractivity contribution in [2.45, 2.75) is 6.54 Å². The molecule has 2 aromatic rings. The third-order valence-corrected chi connectivity index (χ3v) is 3.21. The lowest BCUT2D eigenvalue weighted by molar-refractivity contribution is 0.276. The van der Waals surface area contributed by atoms with Gasteiger partial charge in [-0.15, -0.1) is 0 Å². The summed E-state index contributed by atoms with van der Waals surface area (Å²) in [7, 11) is 6.28. The Labute approximate surface area is 114 Å². The van der Waals surface area contributed by atoms with E-state index in [1.54, 1.807) is 0 Å². The summed E-state index contributed by atoms with van der Waals surface area (Å²) < 4.78 is 0. The number of para-hydroxylation sites is 1. The van der Waals surface area contributed by atoms with Gasteiger partial charge >= 0.3 is 0 Å². The highest BCUT2D eigenvalue weighted by Gasteiger charge is 2.07. The molecule has 0 bridgehead atoms. The Morgan fingerprint density at radius 3 is 2.58 bits per heavy atom. The first kappa shape index (κ1) is 13.8. The van der Waals surface area contributed by atoms with Gasteiger partial charge in [0.15, 0.2) is 0 Å². The monoisotopic (exact) mass is 258 g/mol. The molecule has 0 aliphatic rings. The lowest BCUT2D eigenvalue weighted by atomic mass is 10.1. The molecule has 1 heterocycles. The minimum Gasteiger partial charge on any atom is -0.383 e. The summed E-state index contributed by atoms with van der Waals surface area (Å²) in [6.45, 7) is 2.88. The molecule has 0 saturated heterocycles. The number of pyridine rings is 1. The Morgan fingerprint density at radius 2 is 1.84 bits per heavy atom. The molecule has 2 rings (SSSR count). The van der Waals surface area contributed by atoms with Crippen molar-refractivity contribution in [1.82, 2.24) is 14.8 Å². The smallest absolute Gasteiger partial charge is 0.128 e. The van der Waals surface area contributed by atoms with Crippen molar-refractivity contribution in [3.8, 4) is 0 Å². The number of likely N-dealkylation sites (N-methyl/N-ethyl adjacent to an activating group) is 2. The fourth-order valence-corrected chi connectivity index (χ4v) is 2.04. The van der Waals surface area contributed by atoms with Gasteiger partial charge in [0.05, 0.1) is 5.52 Å². The zero-order chi connectivity index (χ0) is 13.8. The summed E-state index contributed by atoms with van der Waals surface area (Å²) >= 11 is 0. The molecular formula is C15H22N4. The molecule has 0 amide bonds. The first-order valence-electron chi connectivity index (χ1n) is 6.53. The molecular weight excluding hydrogens is 236 g/mol. The van der Waals surface area contributed by atoms with Crippen molar-refractivity contribution in [3.63, 3.8) is 0 Å². The van der Waals surface area contributed by atoms with Crippen molar-refractivity contribution >= 4 is 16.7 Å². The molecule has 0 spiro atoms. The van der Waals surface area contributed by atoms with Crippen LogP contribution in [0.1, 0.15) is 5.56 Å². The molecule has 0 fully saturated rings. The lowest BCUT2D eigenvalue weighted by Gasteiger charge is -2.20. The predicted octanol–water partition coefficient (Wildman–Crippen LogP) is 1.81. The molecule has 0 unspecified atom stereocenters. The van der Waals surface area contributed by atoms with Crippen LogP contribution in [0.15, 0.2) is 30.3 Å². The highest BCUT2D eigenvalue weighted by atomic mass is 15.1. The molecule has 19 heavy (non-hydrogen) atoms. The molecule has 4 nitrogen and oxygen atoms in total. The third kappa shape index (κ3) is 3.66. The Kier molecular flexibility index (Phi) is 4.35. The van der Waals surface area contributed by atoms with Crippen LogP contribution in [0.2, 0.25) is 0 Å². The Balaban J connectivity index is 2.13. The van der Waals surface area contributed by atoms with Gasteiger partial charge in [-0.3, -0.25) is 0 Å².